The van der Waals surface area contributed by atoms with Gasteiger partial charge in [-0.15, -0.1) is 0 Å². The maximum absolute atomic E-state index is 13.2. The summed E-state index contributed by atoms with van der Waals surface area (Å²) in [6, 6.07) is 6.30. The number of hydrogen-bond donors (Lipinski definition) is 3. The molecule has 3 heterocycles. The van der Waals surface area contributed by atoms with Crippen LogP contribution in [-0.2, 0) is 17.7 Å². The van der Waals surface area contributed by atoms with Crippen LogP contribution in [0.2, 0.25) is 0 Å². The molecule has 2 aliphatic rings. The van der Waals surface area contributed by atoms with Gasteiger partial charge >= 0.3 is 0 Å². The molecule has 0 aliphatic carbocycles. The van der Waals surface area contributed by atoms with Crippen LogP contribution in [0.15, 0.2) is 34.1 Å². The monoisotopic (exact) mass is 428 g/mol. The highest BCUT2D eigenvalue weighted by molar-refractivity contribution is 6.10. The van der Waals surface area contributed by atoms with Gasteiger partial charge in [0.2, 0.25) is 0 Å². The third-order valence-corrected chi connectivity index (χ3v) is 5.56. The summed E-state index contributed by atoms with van der Waals surface area (Å²) in [5, 5.41) is 16.6. The lowest BCUT2D eigenvalue weighted by atomic mass is 9.87. The van der Waals surface area contributed by atoms with Crippen molar-refractivity contribution in [1.29, 1.82) is 0 Å². The van der Waals surface area contributed by atoms with Crippen molar-refractivity contribution in [3.8, 4) is 5.75 Å². The Morgan fingerprint density at radius 3 is 2.90 bits per heavy atom. The van der Waals surface area contributed by atoms with E-state index in [1.807, 2.05) is 6.92 Å². The van der Waals surface area contributed by atoms with E-state index < -0.39 is 11.5 Å². The molecule has 1 aromatic heterocycles. The second kappa shape index (κ2) is 8.89. The van der Waals surface area contributed by atoms with Gasteiger partial charge in [-0.05, 0) is 31.0 Å². The minimum atomic E-state index is -0.631. The third-order valence-electron chi connectivity index (χ3n) is 5.56. The SMILES string of the molecule is CCOCCNC(=O)c1c(O)c2c3n(c1=O)CCN=C3C(Cc1ccc(F)cc1)CN2. The zero-order valence-electron chi connectivity index (χ0n) is 17.3. The van der Waals surface area contributed by atoms with Gasteiger partial charge in [-0.2, -0.15) is 0 Å². The van der Waals surface area contributed by atoms with E-state index in [1.54, 1.807) is 12.1 Å². The van der Waals surface area contributed by atoms with Gasteiger partial charge in [0.15, 0.2) is 5.75 Å². The van der Waals surface area contributed by atoms with Gasteiger partial charge in [-0.1, -0.05) is 12.1 Å². The molecule has 4 rings (SSSR count). The number of hydrogen-bond acceptors (Lipinski definition) is 6. The predicted octanol–water partition coefficient (Wildman–Crippen LogP) is 1.55. The van der Waals surface area contributed by atoms with Gasteiger partial charge in [0.05, 0.1) is 24.6 Å². The molecular formula is C22H25FN4O4. The van der Waals surface area contributed by atoms with Gasteiger partial charge in [-0.25, -0.2) is 4.39 Å². The summed E-state index contributed by atoms with van der Waals surface area (Å²) in [5.74, 6) is -1.33. The molecular weight excluding hydrogens is 403 g/mol. The smallest absolute Gasteiger partial charge is 0.267 e. The first-order valence-electron chi connectivity index (χ1n) is 10.4. The van der Waals surface area contributed by atoms with Crippen LogP contribution in [0.4, 0.5) is 10.1 Å². The first-order chi connectivity index (χ1) is 15.0. The zero-order valence-corrected chi connectivity index (χ0v) is 17.3. The minimum Gasteiger partial charge on any atom is -0.505 e. The Kier molecular flexibility index (Phi) is 6.03. The molecule has 2 aromatic rings. The molecule has 0 spiro atoms. The Morgan fingerprint density at radius 2 is 2.16 bits per heavy atom. The van der Waals surface area contributed by atoms with Crippen LogP contribution < -0.4 is 16.2 Å². The molecule has 0 bridgehead atoms. The van der Waals surface area contributed by atoms with E-state index in [2.05, 4.69) is 15.6 Å². The van der Waals surface area contributed by atoms with Gasteiger partial charge in [0, 0.05) is 32.2 Å². The van der Waals surface area contributed by atoms with Crippen molar-refractivity contribution in [2.24, 2.45) is 10.9 Å². The quantitative estimate of drug-likeness (QED) is 0.581. The molecule has 0 radical (unpaired) electrons. The normalized spacial score (nSPS) is 16.8. The molecule has 0 saturated carbocycles. The van der Waals surface area contributed by atoms with Crippen molar-refractivity contribution >= 4 is 17.3 Å². The highest BCUT2D eigenvalue weighted by Crippen LogP contribution is 2.36. The highest BCUT2D eigenvalue weighted by Gasteiger charge is 2.35. The topological polar surface area (TPSA) is 105 Å². The fourth-order valence-corrected chi connectivity index (χ4v) is 4.09. The van der Waals surface area contributed by atoms with Crippen molar-refractivity contribution in [3.63, 3.8) is 0 Å². The largest absolute Gasteiger partial charge is 0.505 e. The number of halogens is 1. The minimum absolute atomic E-state index is 0.0471. The summed E-state index contributed by atoms with van der Waals surface area (Å²) >= 11 is 0. The van der Waals surface area contributed by atoms with Gasteiger partial charge in [0.1, 0.15) is 17.1 Å². The van der Waals surface area contributed by atoms with E-state index in [4.69, 9.17) is 4.74 Å². The van der Waals surface area contributed by atoms with Crippen molar-refractivity contribution < 1.29 is 19.0 Å². The maximum Gasteiger partial charge on any atom is 0.267 e. The maximum atomic E-state index is 13.2. The molecule has 31 heavy (non-hydrogen) atoms. The van der Waals surface area contributed by atoms with E-state index in [0.717, 1.165) is 11.3 Å². The third kappa shape index (κ3) is 4.05. The number of pyridine rings is 1. The molecule has 1 unspecified atom stereocenters. The van der Waals surface area contributed by atoms with E-state index in [1.165, 1.54) is 16.7 Å². The molecule has 164 valence electrons. The number of rotatable bonds is 7. The first kappa shape index (κ1) is 21.0. The number of aliphatic imine (C=N–C) groups is 1. The molecule has 1 aromatic carbocycles. The van der Waals surface area contributed by atoms with Crippen LogP contribution in [0.1, 0.15) is 28.5 Å². The second-order valence-corrected chi connectivity index (χ2v) is 7.53. The Bertz CT molecular complexity index is 1080. The average molecular weight is 428 g/mol. The molecule has 8 nitrogen and oxygen atoms in total. The number of amides is 1. The fraction of sp³-hybridized carbons (Fsp3) is 0.409. The van der Waals surface area contributed by atoms with E-state index in [9.17, 15) is 19.1 Å². The first-order valence-corrected chi connectivity index (χ1v) is 10.4. The zero-order chi connectivity index (χ0) is 22.0. The standard InChI is InChI=1S/C22H25FN4O4/c1-2-31-10-8-25-21(29)16-20(28)18-19-17(24-7-9-27(19)22(16)30)14(12-26-18)11-13-3-5-15(23)6-4-13/h3-6,14,26,28H,2,7-12H2,1H3,(H,25,29). The molecule has 3 N–H and O–H groups in total. The number of nitrogens with zero attached hydrogens (tertiary/aromatic N) is 2. The van der Waals surface area contributed by atoms with Crippen LogP contribution in [0.5, 0.6) is 5.75 Å². The van der Waals surface area contributed by atoms with E-state index in [-0.39, 0.29) is 29.6 Å². The summed E-state index contributed by atoms with van der Waals surface area (Å²) in [5.41, 5.74) is 1.73. The highest BCUT2D eigenvalue weighted by atomic mass is 19.1. The number of carbonyl (C=O) groups excluding carboxylic acids is 1. The van der Waals surface area contributed by atoms with Crippen LogP contribution in [0.3, 0.4) is 0 Å². The number of nitrogens with one attached hydrogen (secondary N) is 2. The lowest BCUT2D eigenvalue weighted by Crippen LogP contribution is -2.44. The predicted molar refractivity (Wildman–Crippen MR) is 115 cm³/mol. The fourth-order valence-electron chi connectivity index (χ4n) is 4.09. The molecule has 2 aliphatic heterocycles. The summed E-state index contributed by atoms with van der Waals surface area (Å²) in [6.45, 7) is 4.15. The van der Waals surface area contributed by atoms with Crippen LogP contribution >= 0.6 is 0 Å². The van der Waals surface area contributed by atoms with Gasteiger partial charge < -0.3 is 25.0 Å². The Labute approximate surface area is 178 Å². The summed E-state index contributed by atoms with van der Waals surface area (Å²) < 4.78 is 19.9. The number of benzene rings is 1. The number of aromatic nitrogens is 1. The number of anilines is 1. The Morgan fingerprint density at radius 1 is 1.39 bits per heavy atom. The molecule has 9 heteroatoms. The Balaban J connectivity index is 1.65. The second-order valence-electron chi connectivity index (χ2n) is 7.53. The molecule has 0 fully saturated rings. The van der Waals surface area contributed by atoms with Crippen molar-refractivity contribution in [2.45, 2.75) is 19.9 Å². The lowest BCUT2D eigenvalue weighted by Gasteiger charge is -2.33. The van der Waals surface area contributed by atoms with Crippen LogP contribution in [0, 0.1) is 11.7 Å². The summed E-state index contributed by atoms with van der Waals surface area (Å²) in [6.07, 6.45) is 0.611. The lowest BCUT2D eigenvalue weighted by molar-refractivity contribution is 0.0917. The van der Waals surface area contributed by atoms with Crippen molar-refractivity contribution in [3.05, 3.63) is 57.3 Å². The van der Waals surface area contributed by atoms with E-state index in [0.29, 0.717) is 50.7 Å². The van der Waals surface area contributed by atoms with Crippen molar-refractivity contribution in [1.82, 2.24) is 9.88 Å². The Hall–Kier alpha value is -3.20. The molecule has 1 atom stereocenters. The van der Waals surface area contributed by atoms with E-state index >= 15 is 0 Å². The average Bonchev–Trinajstić information content (AvgIpc) is 2.77. The van der Waals surface area contributed by atoms with Crippen molar-refractivity contribution in [2.75, 3.05) is 38.2 Å². The number of ether oxygens (including phenoxy) is 1. The number of aromatic hydroxyl groups is 1. The van der Waals surface area contributed by atoms with Crippen LogP contribution in [-0.4, -0.2) is 54.1 Å². The van der Waals surface area contributed by atoms with Crippen LogP contribution in [0.25, 0.3) is 0 Å². The summed E-state index contributed by atoms with van der Waals surface area (Å²) in [4.78, 5) is 30.3. The summed E-state index contributed by atoms with van der Waals surface area (Å²) in [7, 11) is 0. The molecule has 0 saturated heterocycles. The van der Waals surface area contributed by atoms with Gasteiger partial charge in [-0.3, -0.25) is 14.6 Å². The number of carbonyl (C=O) groups is 1. The van der Waals surface area contributed by atoms with Gasteiger partial charge in [0.25, 0.3) is 11.5 Å². The molecule has 1 amide bonds.